The topological polar surface area (TPSA) is 40.7 Å². The normalized spacial score (nSPS) is 27.8. The number of imidazole rings is 1. The van der Waals surface area contributed by atoms with Gasteiger partial charge < -0.3 is 10.3 Å². The van der Waals surface area contributed by atoms with Gasteiger partial charge in [-0.3, -0.25) is 0 Å². The Morgan fingerprint density at radius 1 is 1.50 bits per heavy atom. The van der Waals surface area contributed by atoms with E-state index in [2.05, 4.69) is 22.2 Å². The average molecular weight is 193 g/mol. The highest BCUT2D eigenvalue weighted by Crippen LogP contribution is 2.23. The van der Waals surface area contributed by atoms with Crippen molar-refractivity contribution in [3.05, 3.63) is 18.2 Å². The maximum absolute atomic E-state index is 4.21. The van der Waals surface area contributed by atoms with E-state index in [4.69, 9.17) is 0 Å². The standard InChI is InChI=1S/C11H19N3/c1-9-4-2-3-5-10(9)14-8-11-12-6-7-13-11/h6-7,9-10,14H,2-5,8H2,1H3,(H,12,13)/t9-,10+/m0/s1. The molecule has 0 radical (unpaired) electrons. The number of hydrogen-bond acceptors (Lipinski definition) is 2. The van der Waals surface area contributed by atoms with Gasteiger partial charge in [-0.2, -0.15) is 0 Å². The van der Waals surface area contributed by atoms with Crippen LogP contribution in [-0.2, 0) is 6.54 Å². The molecule has 14 heavy (non-hydrogen) atoms. The lowest BCUT2D eigenvalue weighted by Crippen LogP contribution is -2.36. The van der Waals surface area contributed by atoms with Gasteiger partial charge in [0.15, 0.2) is 0 Å². The Morgan fingerprint density at radius 3 is 3.07 bits per heavy atom. The molecule has 2 atom stereocenters. The fourth-order valence-corrected chi connectivity index (χ4v) is 2.24. The first kappa shape index (κ1) is 9.71. The van der Waals surface area contributed by atoms with Crippen molar-refractivity contribution in [1.29, 1.82) is 0 Å². The van der Waals surface area contributed by atoms with Crippen molar-refractivity contribution in [2.75, 3.05) is 0 Å². The number of nitrogens with zero attached hydrogens (tertiary/aromatic N) is 1. The molecule has 2 rings (SSSR count). The van der Waals surface area contributed by atoms with Crippen LogP contribution in [0.15, 0.2) is 12.4 Å². The van der Waals surface area contributed by atoms with Gasteiger partial charge in [0.1, 0.15) is 5.82 Å². The van der Waals surface area contributed by atoms with Crippen molar-refractivity contribution < 1.29 is 0 Å². The number of nitrogens with one attached hydrogen (secondary N) is 2. The first-order valence-corrected chi connectivity index (χ1v) is 5.58. The Labute approximate surface area is 85.3 Å². The van der Waals surface area contributed by atoms with Crippen LogP contribution in [0.2, 0.25) is 0 Å². The largest absolute Gasteiger partial charge is 0.348 e. The number of rotatable bonds is 3. The zero-order valence-electron chi connectivity index (χ0n) is 8.79. The van der Waals surface area contributed by atoms with Crippen LogP contribution in [0.3, 0.4) is 0 Å². The zero-order valence-corrected chi connectivity index (χ0v) is 8.79. The third-order valence-corrected chi connectivity index (χ3v) is 3.20. The van der Waals surface area contributed by atoms with Crippen molar-refractivity contribution in [2.24, 2.45) is 5.92 Å². The second-order valence-electron chi connectivity index (χ2n) is 4.29. The molecule has 0 saturated heterocycles. The van der Waals surface area contributed by atoms with Gasteiger partial charge >= 0.3 is 0 Å². The molecule has 1 fully saturated rings. The summed E-state index contributed by atoms with van der Waals surface area (Å²) in [5.74, 6) is 1.86. The van der Waals surface area contributed by atoms with Gasteiger partial charge in [0.2, 0.25) is 0 Å². The summed E-state index contributed by atoms with van der Waals surface area (Å²) in [6, 6.07) is 0.689. The summed E-state index contributed by atoms with van der Waals surface area (Å²) >= 11 is 0. The van der Waals surface area contributed by atoms with Gasteiger partial charge in [-0.15, -0.1) is 0 Å². The minimum absolute atomic E-state index is 0.689. The molecule has 1 saturated carbocycles. The van der Waals surface area contributed by atoms with Crippen molar-refractivity contribution in [1.82, 2.24) is 15.3 Å². The second kappa shape index (κ2) is 4.60. The molecule has 1 aliphatic carbocycles. The molecular weight excluding hydrogens is 174 g/mol. The van der Waals surface area contributed by atoms with Gasteiger partial charge in [0.05, 0.1) is 6.54 Å². The Hall–Kier alpha value is -0.830. The zero-order chi connectivity index (χ0) is 9.80. The summed E-state index contributed by atoms with van der Waals surface area (Å²) in [7, 11) is 0. The van der Waals surface area contributed by atoms with Crippen LogP contribution >= 0.6 is 0 Å². The predicted octanol–water partition coefficient (Wildman–Crippen LogP) is 2.08. The van der Waals surface area contributed by atoms with Gasteiger partial charge in [-0.05, 0) is 18.8 Å². The van der Waals surface area contributed by atoms with E-state index in [0.717, 1.165) is 18.3 Å². The molecule has 0 spiro atoms. The Balaban J connectivity index is 1.79. The third kappa shape index (κ3) is 2.35. The summed E-state index contributed by atoms with van der Waals surface area (Å²) in [5.41, 5.74) is 0. The molecule has 2 N–H and O–H groups in total. The maximum atomic E-state index is 4.21. The minimum atomic E-state index is 0.689. The molecule has 1 aromatic heterocycles. The molecule has 0 bridgehead atoms. The van der Waals surface area contributed by atoms with E-state index in [1.807, 2.05) is 6.20 Å². The monoisotopic (exact) mass is 193 g/mol. The highest BCUT2D eigenvalue weighted by Gasteiger charge is 2.20. The Kier molecular flexibility index (Phi) is 3.19. The lowest BCUT2D eigenvalue weighted by molar-refractivity contribution is 0.278. The van der Waals surface area contributed by atoms with Crippen LogP contribution in [0.1, 0.15) is 38.4 Å². The van der Waals surface area contributed by atoms with Crippen molar-refractivity contribution in [2.45, 2.75) is 45.2 Å². The molecule has 0 unspecified atom stereocenters. The van der Waals surface area contributed by atoms with Crippen LogP contribution < -0.4 is 5.32 Å². The molecule has 3 heteroatoms. The van der Waals surface area contributed by atoms with Crippen LogP contribution in [-0.4, -0.2) is 16.0 Å². The fraction of sp³-hybridized carbons (Fsp3) is 0.727. The van der Waals surface area contributed by atoms with E-state index in [1.165, 1.54) is 25.7 Å². The van der Waals surface area contributed by atoms with Crippen molar-refractivity contribution in [3.63, 3.8) is 0 Å². The van der Waals surface area contributed by atoms with Crippen LogP contribution in [0.25, 0.3) is 0 Å². The van der Waals surface area contributed by atoms with E-state index < -0.39 is 0 Å². The summed E-state index contributed by atoms with van der Waals surface area (Å²) in [6.45, 7) is 3.22. The van der Waals surface area contributed by atoms with Gasteiger partial charge in [0.25, 0.3) is 0 Å². The third-order valence-electron chi connectivity index (χ3n) is 3.20. The highest BCUT2D eigenvalue weighted by molar-refractivity contribution is 4.88. The van der Waals surface area contributed by atoms with E-state index in [0.29, 0.717) is 6.04 Å². The molecule has 0 aromatic carbocycles. The number of H-pyrrole nitrogens is 1. The fourth-order valence-electron chi connectivity index (χ4n) is 2.24. The van der Waals surface area contributed by atoms with Gasteiger partial charge in [0, 0.05) is 18.4 Å². The summed E-state index contributed by atoms with van der Waals surface area (Å²) < 4.78 is 0. The smallest absolute Gasteiger partial charge is 0.120 e. The van der Waals surface area contributed by atoms with E-state index >= 15 is 0 Å². The molecule has 0 aliphatic heterocycles. The quantitative estimate of drug-likeness (QED) is 0.771. The lowest BCUT2D eigenvalue weighted by Gasteiger charge is -2.29. The second-order valence-corrected chi connectivity index (χ2v) is 4.29. The summed E-state index contributed by atoms with van der Waals surface area (Å²) in [5, 5.41) is 3.58. The summed E-state index contributed by atoms with van der Waals surface area (Å²) in [6.07, 6.45) is 9.15. The van der Waals surface area contributed by atoms with Crippen LogP contribution in [0, 0.1) is 5.92 Å². The number of aromatic nitrogens is 2. The van der Waals surface area contributed by atoms with Gasteiger partial charge in [-0.25, -0.2) is 4.98 Å². The average Bonchev–Trinajstić information content (AvgIpc) is 2.69. The SMILES string of the molecule is C[C@H]1CCCC[C@H]1NCc1ncc[nH]1. The minimum Gasteiger partial charge on any atom is -0.348 e. The van der Waals surface area contributed by atoms with E-state index in [-0.39, 0.29) is 0 Å². The number of aromatic amines is 1. The Bertz CT molecular complexity index is 256. The molecule has 78 valence electrons. The number of hydrogen-bond donors (Lipinski definition) is 2. The van der Waals surface area contributed by atoms with E-state index in [1.54, 1.807) is 6.20 Å². The van der Waals surface area contributed by atoms with Crippen LogP contribution in [0.4, 0.5) is 0 Å². The molecule has 0 amide bonds. The molecular formula is C11H19N3. The van der Waals surface area contributed by atoms with Crippen LogP contribution in [0.5, 0.6) is 0 Å². The molecule has 1 aliphatic rings. The maximum Gasteiger partial charge on any atom is 0.120 e. The highest BCUT2D eigenvalue weighted by atomic mass is 15.0. The van der Waals surface area contributed by atoms with E-state index in [9.17, 15) is 0 Å². The van der Waals surface area contributed by atoms with Gasteiger partial charge in [-0.1, -0.05) is 19.8 Å². The first-order chi connectivity index (χ1) is 6.86. The molecule has 1 heterocycles. The predicted molar refractivity (Wildman–Crippen MR) is 56.8 cm³/mol. The molecule has 1 aromatic rings. The molecule has 3 nitrogen and oxygen atoms in total. The Morgan fingerprint density at radius 2 is 2.36 bits per heavy atom. The summed E-state index contributed by atoms with van der Waals surface area (Å²) in [4.78, 5) is 7.33. The van der Waals surface area contributed by atoms with Crippen molar-refractivity contribution in [3.8, 4) is 0 Å². The first-order valence-electron chi connectivity index (χ1n) is 5.58. The lowest BCUT2D eigenvalue weighted by atomic mass is 9.86. The van der Waals surface area contributed by atoms with Crippen molar-refractivity contribution >= 4 is 0 Å².